The molecule has 0 fully saturated rings. The molecule has 0 atom stereocenters. The number of hydrogen-bond donors (Lipinski definition) is 1. The zero-order valence-corrected chi connectivity index (χ0v) is 17.0. The first-order valence-corrected chi connectivity index (χ1v) is 10.7. The molecule has 8 heteroatoms. The summed E-state index contributed by atoms with van der Waals surface area (Å²) in [5, 5.41) is 9.31. The summed E-state index contributed by atoms with van der Waals surface area (Å²) in [6, 6.07) is 9.91. The van der Waals surface area contributed by atoms with Gasteiger partial charge < -0.3 is 9.84 Å². The van der Waals surface area contributed by atoms with Crippen molar-refractivity contribution in [1.82, 2.24) is 0 Å². The molecule has 2 aromatic carbocycles. The maximum Gasteiger partial charge on any atom is 0.334 e. The highest BCUT2D eigenvalue weighted by Gasteiger charge is 2.21. The number of aliphatic hydroxyl groups excluding tert-OH is 1. The number of benzene rings is 2. The van der Waals surface area contributed by atoms with Gasteiger partial charge in [0.25, 0.3) is 0 Å². The molecule has 0 unspecified atom stereocenters. The number of carbonyl (C=O) groups excluding carboxylic acids is 1. The molecule has 0 radical (unpaired) electrons. The fourth-order valence-corrected chi connectivity index (χ4v) is 3.51. The summed E-state index contributed by atoms with van der Waals surface area (Å²) < 4.78 is 42.2. The van der Waals surface area contributed by atoms with Crippen LogP contribution in [0.3, 0.4) is 0 Å². The highest BCUT2D eigenvalue weighted by molar-refractivity contribution is 7.90. The summed E-state index contributed by atoms with van der Waals surface area (Å²) in [5.74, 6) is -1.24. The summed E-state index contributed by atoms with van der Waals surface area (Å²) in [5.41, 5.74) is 1.51. The van der Waals surface area contributed by atoms with Crippen LogP contribution in [-0.2, 0) is 19.4 Å². The van der Waals surface area contributed by atoms with Crippen molar-refractivity contribution in [2.45, 2.75) is 18.2 Å². The molecule has 0 bridgehead atoms. The number of carbonyl (C=O) groups is 1. The molecule has 0 saturated carbocycles. The van der Waals surface area contributed by atoms with Crippen molar-refractivity contribution < 1.29 is 27.4 Å². The fraction of sp³-hybridized carbons (Fsp3) is 0.250. The SMILES string of the molecule is CCOC(=O)/C(CCO)=C(\c1ccc(S(C)(=O)=O)cc1)c1ccc(F)c(Cl)c1. The Bertz CT molecular complexity index is 998. The summed E-state index contributed by atoms with van der Waals surface area (Å²) >= 11 is 5.91. The van der Waals surface area contributed by atoms with E-state index in [1.54, 1.807) is 19.1 Å². The van der Waals surface area contributed by atoms with Crippen LogP contribution in [-0.4, -0.2) is 39.0 Å². The number of hydrogen-bond acceptors (Lipinski definition) is 5. The zero-order valence-electron chi connectivity index (χ0n) is 15.4. The van der Waals surface area contributed by atoms with Gasteiger partial charge >= 0.3 is 5.97 Å². The van der Waals surface area contributed by atoms with Crippen molar-refractivity contribution in [2.24, 2.45) is 0 Å². The van der Waals surface area contributed by atoms with Crippen molar-refractivity contribution in [1.29, 1.82) is 0 Å². The topological polar surface area (TPSA) is 80.7 Å². The van der Waals surface area contributed by atoms with Crippen molar-refractivity contribution in [2.75, 3.05) is 19.5 Å². The van der Waals surface area contributed by atoms with Crippen molar-refractivity contribution in [3.63, 3.8) is 0 Å². The summed E-state index contributed by atoms with van der Waals surface area (Å²) in [6.45, 7) is 1.48. The minimum atomic E-state index is -3.40. The van der Waals surface area contributed by atoms with Crippen LogP contribution in [0, 0.1) is 5.82 Å². The minimum Gasteiger partial charge on any atom is -0.463 e. The van der Waals surface area contributed by atoms with E-state index < -0.39 is 21.6 Å². The molecule has 0 amide bonds. The number of sulfone groups is 1. The van der Waals surface area contributed by atoms with E-state index in [0.29, 0.717) is 16.7 Å². The third kappa shape index (κ3) is 5.19. The molecule has 0 saturated heterocycles. The number of halogens is 2. The van der Waals surface area contributed by atoms with E-state index in [4.69, 9.17) is 16.3 Å². The van der Waals surface area contributed by atoms with Gasteiger partial charge in [0.2, 0.25) is 0 Å². The van der Waals surface area contributed by atoms with E-state index in [9.17, 15) is 22.7 Å². The molecule has 0 aliphatic heterocycles. The number of ether oxygens (including phenoxy) is 1. The Morgan fingerprint density at radius 2 is 1.75 bits per heavy atom. The van der Waals surface area contributed by atoms with Crippen molar-refractivity contribution in [3.05, 3.63) is 70.0 Å². The highest BCUT2D eigenvalue weighted by Crippen LogP contribution is 2.32. The fourth-order valence-electron chi connectivity index (χ4n) is 2.69. The van der Waals surface area contributed by atoms with Gasteiger partial charge in [-0.25, -0.2) is 17.6 Å². The molecular weight excluding hydrogens is 407 g/mol. The number of rotatable bonds is 7. The second-order valence-electron chi connectivity index (χ2n) is 5.97. The molecule has 1 N–H and O–H groups in total. The quantitative estimate of drug-likeness (QED) is 0.540. The molecule has 0 aromatic heterocycles. The molecule has 5 nitrogen and oxygen atoms in total. The van der Waals surface area contributed by atoms with Crippen LogP contribution in [0.1, 0.15) is 24.5 Å². The smallest absolute Gasteiger partial charge is 0.334 e. The second kappa shape index (κ2) is 9.32. The first-order chi connectivity index (χ1) is 13.2. The Balaban J connectivity index is 2.75. The van der Waals surface area contributed by atoms with Gasteiger partial charge in [0.1, 0.15) is 5.82 Å². The second-order valence-corrected chi connectivity index (χ2v) is 8.40. The molecular formula is C20H20ClFO5S. The van der Waals surface area contributed by atoms with Gasteiger partial charge in [0.15, 0.2) is 9.84 Å². The molecule has 28 heavy (non-hydrogen) atoms. The van der Waals surface area contributed by atoms with Gasteiger partial charge in [-0.1, -0.05) is 29.8 Å². The van der Waals surface area contributed by atoms with Crippen molar-refractivity contribution >= 4 is 33.0 Å². The van der Waals surface area contributed by atoms with E-state index in [-0.39, 0.29) is 35.1 Å². The van der Waals surface area contributed by atoms with Gasteiger partial charge in [0, 0.05) is 24.9 Å². The third-order valence-electron chi connectivity index (χ3n) is 3.96. The Labute approximate surface area is 168 Å². The van der Waals surface area contributed by atoms with Gasteiger partial charge in [0.05, 0.1) is 16.5 Å². The van der Waals surface area contributed by atoms with Crippen LogP contribution in [0.4, 0.5) is 4.39 Å². The third-order valence-corrected chi connectivity index (χ3v) is 5.38. The average molecular weight is 427 g/mol. The summed E-state index contributed by atoms with van der Waals surface area (Å²) in [4.78, 5) is 12.6. The number of esters is 1. The van der Waals surface area contributed by atoms with Crippen molar-refractivity contribution in [3.8, 4) is 0 Å². The lowest BCUT2D eigenvalue weighted by molar-refractivity contribution is -0.138. The molecule has 2 aromatic rings. The van der Waals surface area contributed by atoms with Crippen LogP contribution in [0.15, 0.2) is 52.9 Å². The minimum absolute atomic E-state index is 0.00299. The normalized spacial score (nSPS) is 12.5. The van der Waals surface area contributed by atoms with Gasteiger partial charge in [-0.05, 0) is 47.9 Å². The lowest BCUT2D eigenvalue weighted by Gasteiger charge is -2.16. The standard InChI is InChI=1S/C20H20ClFO5S/c1-3-27-20(24)16(10-11-23)19(14-6-9-18(22)17(21)12-14)13-4-7-15(8-5-13)28(2,25)26/h4-9,12,23H,3,10-11H2,1-2H3/b19-16+. The first kappa shape index (κ1) is 22.1. The highest BCUT2D eigenvalue weighted by atomic mass is 35.5. The lowest BCUT2D eigenvalue weighted by Crippen LogP contribution is -2.12. The summed E-state index contributed by atoms with van der Waals surface area (Å²) in [7, 11) is -3.40. The molecule has 2 rings (SSSR count). The zero-order chi connectivity index (χ0) is 20.9. The van der Waals surface area contributed by atoms with E-state index in [2.05, 4.69) is 0 Å². The average Bonchev–Trinajstić information content (AvgIpc) is 2.64. The molecule has 0 spiro atoms. The first-order valence-electron chi connectivity index (χ1n) is 8.46. The van der Waals surface area contributed by atoms with Crippen LogP contribution in [0.2, 0.25) is 5.02 Å². The Kier molecular flexibility index (Phi) is 7.35. The van der Waals surface area contributed by atoms with Crippen LogP contribution < -0.4 is 0 Å². The van der Waals surface area contributed by atoms with E-state index >= 15 is 0 Å². The van der Waals surface area contributed by atoms with E-state index in [0.717, 1.165) is 6.26 Å². The Morgan fingerprint density at radius 1 is 1.14 bits per heavy atom. The van der Waals surface area contributed by atoms with Crippen LogP contribution >= 0.6 is 11.6 Å². The van der Waals surface area contributed by atoms with Gasteiger partial charge in [-0.2, -0.15) is 0 Å². The largest absolute Gasteiger partial charge is 0.463 e. The van der Waals surface area contributed by atoms with Crippen LogP contribution in [0.25, 0.3) is 5.57 Å². The Hall–Kier alpha value is -2.22. The monoisotopic (exact) mass is 426 g/mol. The maximum atomic E-state index is 13.6. The van der Waals surface area contributed by atoms with E-state index in [1.807, 2.05) is 0 Å². The maximum absolute atomic E-state index is 13.6. The lowest BCUT2D eigenvalue weighted by atomic mass is 9.91. The number of aliphatic hydroxyl groups is 1. The molecule has 0 aliphatic rings. The van der Waals surface area contributed by atoms with E-state index in [1.165, 1.54) is 30.3 Å². The summed E-state index contributed by atoms with van der Waals surface area (Å²) in [6.07, 6.45) is 1.09. The molecule has 150 valence electrons. The van der Waals surface area contributed by atoms with Gasteiger partial charge in [-0.3, -0.25) is 0 Å². The predicted octanol–water partition coefficient (Wildman–Crippen LogP) is 3.63. The molecule has 0 heterocycles. The molecule has 0 aliphatic carbocycles. The van der Waals surface area contributed by atoms with Gasteiger partial charge in [-0.15, -0.1) is 0 Å². The Morgan fingerprint density at radius 3 is 2.25 bits per heavy atom. The predicted molar refractivity (Wildman–Crippen MR) is 105 cm³/mol. The van der Waals surface area contributed by atoms with Crippen LogP contribution in [0.5, 0.6) is 0 Å².